The van der Waals surface area contributed by atoms with E-state index in [9.17, 15) is 4.79 Å². The number of carbonyl (C=O) groups is 1. The van der Waals surface area contributed by atoms with Crippen LogP contribution in [0.1, 0.15) is 52.0 Å². The lowest BCUT2D eigenvalue weighted by Crippen LogP contribution is -2.44. The molecule has 0 aliphatic carbocycles. The number of amides is 1. The fourth-order valence-electron chi connectivity index (χ4n) is 2.44. The molecule has 0 saturated carbocycles. The SMILES string of the molecule is CC(C)OC1c2ccccc2CCN1C(=O)OC(C)(C)C. The van der Waals surface area contributed by atoms with Crippen LogP contribution in [0.4, 0.5) is 4.79 Å². The predicted molar refractivity (Wildman–Crippen MR) is 82.0 cm³/mol. The van der Waals surface area contributed by atoms with E-state index in [1.165, 1.54) is 5.56 Å². The van der Waals surface area contributed by atoms with E-state index in [1.54, 1.807) is 4.90 Å². The average molecular weight is 291 g/mol. The number of nitrogens with zero attached hydrogens (tertiary/aromatic N) is 1. The molecule has 1 atom stereocenters. The first-order chi connectivity index (χ1) is 9.78. The number of ether oxygens (including phenoxy) is 2. The van der Waals surface area contributed by atoms with E-state index in [4.69, 9.17) is 9.47 Å². The minimum atomic E-state index is -0.504. The van der Waals surface area contributed by atoms with Crippen LogP contribution in [0.15, 0.2) is 24.3 Å². The van der Waals surface area contributed by atoms with Crippen molar-refractivity contribution in [2.75, 3.05) is 6.54 Å². The van der Waals surface area contributed by atoms with Gasteiger partial charge in [-0.2, -0.15) is 0 Å². The Morgan fingerprint density at radius 3 is 2.57 bits per heavy atom. The second kappa shape index (κ2) is 6.06. The Morgan fingerprint density at radius 1 is 1.29 bits per heavy atom. The molecule has 1 amide bonds. The quantitative estimate of drug-likeness (QED) is 0.829. The van der Waals surface area contributed by atoms with Gasteiger partial charge in [0, 0.05) is 12.1 Å². The van der Waals surface area contributed by atoms with Gasteiger partial charge in [0.25, 0.3) is 0 Å². The lowest BCUT2D eigenvalue weighted by atomic mass is 9.98. The Balaban J connectivity index is 2.27. The third-order valence-corrected chi connectivity index (χ3v) is 3.26. The molecule has 0 radical (unpaired) electrons. The van der Waals surface area contributed by atoms with Crippen LogP contribution in [0.5, 0.6) is 0 Å². The zero-order valence-corrected chi connectivity index (χ0v) is 13.6. The molecule has 1 aromatic carbocycles. The number of carbonyl (C=O) groups excluding carboxylic acids is 1. The summed E-state index contributed by atoms with van der Waals surface area (Å²) in [6.45, 7) is 10.2. The largest absolute Gasteiger partial charge is 0.444 e. The Hall–Kier alpha value is -1.55. The molecule has 1 unspecified atom stereocenters. The summed E-state index contributed by atoms with van der Waals surface area (Å²) in [6.07, 6.45) is 0.173. The van der Waals surface area contributed by atoms with Crippen LogP contribution in [0.3, 0.4) is 0 Å². The van der Waals surface area contributed by atoms with Crippen molar-refractivity contribution < 1.29 is 14.3 Å². The van der Waals surface area contributed by atoms with Gasteiger partial charge < -0.3 is 9.47 Å². The summed E-state index contributed by atoms with van der Waals surface area (Å²) in [7, 11) is 0. The second-order valence-electron chi connectivity index (χ2n) is 6.66. The number of benzene rings is 1. The third-order valence-electron chi connectivity index (χ3n) is 3.26. The van der Waals surface area contributed by atoms with Crippen molar-refractivity contribution in [2.24, 2.45) is 0 Å². The highest BCUT2D eigenvalue weighted by Gasteiger charge is 2.34. The fraction of sp³-hybridized carbons (Fsp3) is 0.588. The van der Waals surface area contributed by atoms with Crippen molar-refractivity contribution in [3.05, 3.63) is 35.4 Å². The molecule has 0 N–H and O–H groups in total. The molecule has 0 saturated heterocycles. The van der Waals surface area contributed by atoms with Crippen LogP contribution in [-0.2, 0) is 15.9 Å². The van der Waals surface area contributed by atoms with E-state index in [-0.39, 0.29) is 18.4 Å². The first kappa shape index (κ1) is 15.8. The van der Waals surface area contributed by atoms with Crippen molar-refractivity contribution in [1.82, 2.24) is 4.90 Å². The van der Waals surface area contributed by atoms with Gasteiger partial charge in [0.05, 0.1) is 6.10 Å². The molecule has 0 spiro atoms. The Morgan fingerprint density at radius 2 is 1.95 bits per heavy atom. The molecule has 21 heavy (non-hydrogen) atoms. The number of rotatable bonds is 2. The molecule has 0 fully saturated rings. The van der Waals surface area contributed by atoms with Gasteiger partial charge in [-0.3, -0.25) is 4.90 Å². The monoisotopic (exact) mass is 291 g/mol. The summed E-state index contributed by atoms with van der Waals surface area (Å²) in [5, 5.41) is 0. The summed E-state index contributed by atoms with van der Waals surface area (Å²) in [4.78, 5) is 14.1. The van der Waals surface area contributed by atoms with Crippen molar-refractivity contribution in [2.45, 2.75) is 59.0 Å². The number of hydrogen-bond acceptors (Lipinski definition) is 3. The lowest BCUT2D eigenvalue weighted by molar-refractivity contribution is -0.0967. The minimum Gasteiger partial charge on any atom is -0.444 e. The first-order valence-corrected chi connectivity index (χ1v) is 7.51. The summed E-state index contributed by atoms with van der Waals surface area (Å²) in [5.41, 5.74) is 1.79. The van der Waals surface area contributed by atoms with Crippen LogP contribution in [0.25, 0.3) is 0 Å². The summed E-state index contributed by atoms with van der Waals surface area (Å²) in [5.74, 6) is 0. The second-order valence-corrected chi connectivity index (χ2v) is 6.66. The highest BCUT2D eigenvalue weighted by Crippen LogP contribution is 2.32. The molecular weight excluding hydrogens is 266 g/mol. The minimum absolute atomic E-state index is 0.0334. The fourth-order valence-corrected chi connectivity index (χ4v) is 2.44. The van der Waals surface area contributed by atoms with E-state index >= 15 is 0 Å². The van der Waals surface area contributed by atoms with Gasteiger partial charge in [0.1, 0.15) is 5.60 Å². The predicted octanol–water partition coefficient (Wildman–Crippen LogP) is 3.90. The van der Waals surface area contributed by atoms with Crippen LogP contribution in [0.2, 0.25) is 0 Å². The van der Waals surface area contributed by atoms with Crippen molar-refractivity contribution in [3.8, 4) is 0 Å². The lowest BCUT2D eigenvalue weighted by Gasteiger charge is -2.38. The molecule has 1 aromatic rings. The smallest absolute Gasteiger partial charge is 0.412 e. The van der Waals surface area contributed by atoms with E-state index < -0.39 is 5.60 Å². The topological polar surface area (TPSA) is 38.8 Å². The van der Waals surface area contributed by atoms with E-state index in [0.29, 0.717) is 6.54 Å². The Bertz CT molecular complexity index is 505. The Kier molecular flexibility index (Phi) is 4.57. The number of fused-ring (bicyclic) bond motifs is 1. The molecule has 0 bridgehead atoms. The summed E-state index contributed by atoms with van der Waals surface area (Å²) >= 11 is 0. The van der Waals surface area contributed by atoms with Gasteiger partial charge in [-0.1, -0.05) is 24.3 Å². The maximum Gasteiger partial charge on any atom is 0.412 e. The van der Waals surface area contributed by atoms with Gasteiger partial charge >= 0.3 is 6.09 Å². The maximum atomic E-state index is 12.4. The average Bonchev–Trinajstić information content (AvgIpc) is 2.36. The van der Waals surface area contributed by atoms with E-state index in [1.807, 2.05) is 52.8 Å². The maximum absolute atomic E-state index is 12.4. The Labute approximate surface area is 127 Å². The summed E-state index contributed by atoms with van der Waals surface area (Å²) in [6, 6.07) is 8.12. The molecule has 1 heterocycles. The van der Waals surface area contributed by atoms with Gasteiger partial charge in [-0.25, -0.2) is 4.79 Å². The van der Waals surface area contributed by atoms with Crippen LogP contribution < -0.4 is 0 Å². The van der Waals surface area contributed by atoms with Gasteiger partial charge in [0.2, 0.25) is 0 Å². The molecule has 0 aromatic heterocycles. The summed E-state index contributed by atoms with van der Waals surface area (Å²) < 4.78 is 11.5. The molecule has 116 valence electrons. The van der Waals surface area contributed by atoms with Crippen molar-refractivity contribution in [1.29, 1.82) is 0 Å². The first-order valence-electron chi connectivity index (χ1n) is 7.51. The zero-order chi connectivity index (χ0) is 15.6. The van der Waals surface area contributed by atoms with Crippen molar-refractivity contribution in [3.63, 3.8) is 0 Å². The van der Waals surface area contributed by atoms with Crippen LogP contribution in [-0.4, -0.2) is 29.2 Å². The molecular formula is C17H25NO3. The third kappa shape index (κ3) is 3.97. The number of hydrogen-bond donors (Lipinski definition) is 0. The molecule has 4 nitrogen and oxygen atoms in total. The van der Waals surface area contributed by atoms with Gasteiger partial charge in [-0.05, 0) is 46.6 Å². The standard InChI is InChI=1S/C17H25NO3/c1-12(2)20-15-14-9-7-6-8-13(14)10-11-18(15)16(19)21-17(3,4)5/h6-9,12,15H,10-11H2,1-5H3. The highest BCUT2D eigenvalue weighted by atomic mass is 16.6. The van der Waals surface area contributed by atoms with E-state index in [0.717, 1.165) is 12.0 Å². The molecule has 1 aliphatic rings. The zero-order valence-electron chi connectivity index (χ0n) is 13.6. The van der Waals surface area contributed by atoms with Crippen LogP contribution >= 0.6 is 0 Å². The van der Waals surface area contributed by atoms with E-state index in [2.05, 4.69) is 6.07 Å². The highest BCUT2D eigenvalue weighted by molar-refractivity contribution is 5.69. The molecule has 2 rings (SSSR count). The molecule has 4 heteroatoms. The van der Waals surface area contributed by atoms with Gasteiger partial charge in [-0.15, -0.1) is 0 Å². The van der Waals surface area contributed by atoms with Gasteiger partial charge in [0.15, 0.2) is 6.23 Å². The van der Waals surface area contributed by atoms with Crippen molar-refractivity contribution >= 4 is 6.09 Å². The normalized spacial score (nSPS) is 18.6. The molecule has 1 aliphatic heterocycles. The van der Waals surface area contributed by atoms with Crippen LogP contribution in [0, 0.1) is 0 Å².